The molecule has 0 aliphatic carbocycles. The topological polar surface area (TPSA) is 73.6 Å². The summed E-state index contributed by atoms with van der Waals surface area (Å²) in [5.74, 6) is 0.961. The van der Waals surface area contributed by atoms with Crippen molar-refractivity contribution in [3.05, 3.63) is 36.4 Å². The fourth-order valence-electron chi connectivity index (χ4n) is 1.91. The average molecular weight is 292 g/mol. The van der Waals surface area contributed by atoms with Crippen molar-refractivity contribution in [1.29, 1.82) is 0 Å². The van der Waals surface area contributed by atoms with E-state index < -0.39 is 6.10 Å². The minimum absolute atomic E-state index is 0.00986. The smallest absolute Gasteiger partial charge is 0.261 e. The van der Waals surface area contributed by atoms with Gasteiger partial charge in [-0.25, -0.2) is 0 Å². The number of benzene rings is 1. The molecular weight excluding hydrogens is 268 g/mol. The summed E-state index contributed by atoms with van der Waals surface area (Å²) in [6, 6.07) is 5.60. The van der Waals surface area contributed by atoms with Crippen molar-refractivity contribution < 1.29 is 14.3 Å². The number of methoxy groups -OCH3 is 1. The summed E-state index contributed by atoms with van der Waals surface area (Å²) in [4.78, 5) is 11.9. The molecule has 0 spiro atoms. The monoisotopic (exact) mass is 292 g/mol. The number of nitrogens with one attached hydrogen (secondary N) is 1. The van der Waals surface area contributed by atoms with Crippen LogP contribution in [0.3, 0.4) is 0 Å². The lowest BCUT2D eigenvalue weighted by molar-refractivity contribution is -0.127. The number of carbonyl (C=O) groups is 1. The Morgan fingerprint density at radius 3 is 2.76 bits per heavy atom. The summed E-state index contributed by atoms with van der Waals surface area (Å²) in [5.41, 5.74) is 6.78. The number of hydrogen-bond acceptors (Lipinski definition) is 4. The molecule has 0 heterocycles. The fourth-order valence-corrected chi connectivity index (χ4v) is 1.91. The van der Waals surface area contributed by atoms with Gasteiger partial charge in [0.05, 0.1) is 7.11 Å². The van der Waals surface area contributed by atoms with Crippen molar-refractivity contribution >= 4 is 5.91 Å². The highest BCUT2D eigenvalue weighted by atomic mass is 16.5. The number of rotatable bonds is 8. The Hall–Kier alpha value is -2.01. The van der Waals surface area contributed by atoms with Crippen LogP contribution in [-0.2, 0) is 11.2 Å². The summed E-state index contributed by atoms with van der Waals surface area (Å²) in [7, 11) is 1.57. The molecule has 116 valence electrons. The Labute approximate surface area is 126 Å². The van der Waals surface area contributed by atoms with Gasteiger partial charge in [0.25, 0.3) is 5.91 Å². The van der Waals surface area contributed by atoms with Crippen LogP contribution in [0, 0.1) is 0 Å². The van der Waals surface area contributed by atoms with E-state index in [9.17, 15) is 4.79 Å². The van der Waals surface area contributed by atoms with Crippen molar-refractivity contribution in [2.45, 2.75) is 32.4 Å². The lowest BCUT2D eigenvalue weighted by atomic mass is 10.1. The first-order valence-electron chi connectivity index (χ1n) is 6.96. The van der Waals surface area contributed by atoms with Crippen LogP contribution in [0.15, 0.2) is 30.9 Å². The molecule has 0 radical (unpaired) electrons. The summed E-state index contributed by atoms with van der Waals surface area (Å²) < 4.78 is 11.1. The molecule has 0 bridgehead atoms. The molecule has 3 N–H and O–H groups in total. The van der Waals surface area contributed by atoms with Crippen LogP contribution in [0.2, 0.25) is 0 Å². The Kier molecular flexibility index (Phi) is 6.75. The zero-order valence-electron chi connectivity index (χ0n) is 12.9. The zero-order chi connectivity index (χ0) is 15.8. The highest BCUT2D eigenvalue weighted by Crippen LogP contribution is 2.32. The fraction of sp³-hybridized carbons (Fsp3) is 0.438. The standard InChI is InChI=1S/C16H24N2O3/c1-5-9-18-16(19)12(3)21-15-13(10-11(2)17)7-6-8-14(15)20-4/h5-8,11-12H,1,9-10,17H2,2-4H3,(H,18,19). The number of hydrogen-bond donors (Lipinski definition) is 2. The third-order valence-electron chi connectivity index (χ3n) is 2.91. The Morgan fingerprint density at radius 1 is 1.48 bits per heavy atom. The normalized spacial score (nSPS) is 13.1. The molecule has 2 atom stereocenters. The summed E-state index contributed by atoms with van der Waals surface area (Å²) in [6.45, 7) is 7.58. The van der Waals surface area contributed by atoms with Crippen LogP contribution in [-0.4, -0.2) is 31.7 Å². The van der Waals surface area contributed by atoms with Crippen LogP contribution in [0.4, 0.5) is 0 Å². The molecule has 5 heteroatoms. The van der Waals surface area contributed by atoms with Gasteiger partial charge in [-0.15, -0.1) is 6.58 Å². The van der Waals surface area contributed by atoms with E-state index >= 15 is 0 Å². The zero-order valence-corrected chi connectivity index (χ0v) is 12.9. The van der Waals surface area contributed by atoms with Crippen molar-refractivity contribution in [1.82, 2.24) is 5.32 Å². The third-order valence-corrected chi connectivity index (χ3v) is 2.91. The SMILES string of the molecule is C=CCNC(=O)C(C)Oc1c(CC(C)N)cccc1OC. The second-order valence-electron chi connectivity index (χ2n) is 4.92. The Balaban J connectivity index is 2.93. The van der Waals surface area contributed by atoms with E-state index in [2.05, 4.69) is 11.9 Å². The molecule has 0 fully saturated rings. The van der Waals surface area contributed by atoms with Gasteiger partial charge in [-0.1, -0.05) is 18.2 Å². The summed E-state index contributed by atoms with van der Waals surface area (Å²) in [6.07, 6.45) is 1.64. The van der Waals surface area contributed by atoms with E-state index in [1.807, 2.05) is 19.1 Å². The van der Waals surface area contributed by atoms with Gasteiger partial charge < -0.3 is 20.5 Å². The van der Waals surface area contributed by atoms with Gasteiger partial charge in [-0.2, -0.15) is 0 Å². The third kappa shape index (κ3) is 5.11. The quantitative estimate of drug-likeness (QED) is 0.715. The minimum atomic E-state index is -0.631. The average Bonchev–Trinajstić information content (AvgIpc) is 2.45. The summed E-state index contributed by atoms with van der Waals surface area (Å²) in [5, 5.41) is 2.70. The van der Waals surface area contributed by atoms with Gasteiger partial charge >= 0.3 is 0 Å². The predicted octanol–water partition coefficient (Wildman–Crippen LogP) is 1.65. The molecule has 1 aromatic rings. The second kappa shape index (κ2) is 8.32. The van der Waals surface area contributed by atoms with Gasteiger partial charge in [0.15, 0.2) is 17.6 Å². The minimum Gasteiger partial charge on any atom is -0.493 e. The number of ether oxygens (including phenoxy) is 2. The van der Waals surface area contributed by atoms with Crippen LogP contribution >= 0.6 is 0 Å². The molecule has 0 aliphatic rings. The number of carbonyl (C=O) groups excluding carboxylic acids is 1. The maximum atomic E-state index is 11.9. The Bertz CT molecular complexity index is 486. The molecule has 0 saturated carbocycles. The van der Waals surface area contributed by atoms with E-state index in [0.29, 0.717) is 24.5 Å². The van der Waals surface area contributed by atoms with Gasteiger partial charge in [-0.05, 0) is 31.9 Å². The van der Waals surface area contributed by atoms with E-state index in [-0.39, 0.29) is 11.9 Å². The lowest BCUT2D eigenvalue weighted by Gasteiger charge is -2.20. The molecule has 0 aromatic heterocycles. The maximum Gasteiger partial charge on any atom is 0.261 e. The van der Waals surface area contributed by atoms with Crippen molar-refractivity contribution in [3.63, 3.8) is 0 Å². The highest BCUT2D eigenvalue weighted by molar-refractivity contribution is 5.81. The first kappa shape index (κ1) is 17.0. The van der Waals surface area contributed by atoms with Gasteiger partial charge in [0.1, 0.15) is 0 Å². The maximum absolute atomic E-state index is 11.9. The van der Waals surface area contributed by atoms with E-state index in [0.717, 1.165) is 5.56 Å². The molecule has 21 heavy (non-hydrogen) atoms. The van der Waals surface area contributed by atoms with Crippen LogP contribution in [0.25, 0.3) is 0 Å². The van der Waals surface area contributed by atoms with E-state index in [4.69, 9.17) is 15.2 Å². The van der Waals surface area contributed by atoms with E-state index in [1.54, 1.807) is 26.2 Å². The van der Waals surface area contributed by atoms with E-state index in [1.165, 1.54) is 0 Å². The lowest BCUT2D eigenvalue weighted by Crippen LogP contribution is -2.36. The Morgan fingerprint density at radius 2 is 2.19 bits per heavy atom. The van der Waals surface area contributed by atoms with Crippen molar-refractivity contribution in [2.24, 2.45) is 5.73 Å². The largest absolute Gasteiger partial charge is 0.493 e. The van der Waals surface area contributed by atoms with Gasteiger partial charge in [0, 0.05) is 12.6 Å². The number of amides is 1. The molecule has 1 aromatic carbocycles. The summed E-state index contributed by atoms with van der Waals surface area (Å²) >= 11 is 0. The molecule has 5 nitrogen and oxygen atoms in total. The van der Waals surface area contributed by atoms with Crippen molar-refractivity contribution in [2.75, 3.05) is 13.7 Å². The van der Waals surface area contributed by atoms with Crippen LogP contribution < -0.4 is 20.5 Å². The van der Waals surface area contributed by atoms with Gasteiger partial charge in [0.2, 0.25) is 0 Å². The predicted molar refractivity (Wildman–Crippen MR) is 83.6 cm³/mol. The number of para-hydroxylation sites is 1. The van der Waals surface area contributed by atoms with Crippen LogP contribution in [0.1, 0.15) is 19.4 Å². The molecule has 0 aliphatic heterocycles. The first-order chi connectivity index (χ1) is 9.99. The molecule has 1 amide bonds. The molecular formula is C16H24N2O3. The number of nitrogens with two attached hydrogens (primary N) is 1. The van der Waals surface area contributed by atoms with Crippen LogP contribution in [0.5, 0.6) is 11.5 Å². The molecule has 2 unspecified atom stereocenters. The molecule has 0 saturated heterocycles. The second-order valence-corrected chi connectivity index (χ2v) is 4.92. The van der Waals surface area contributed by atoms with Crippen molar-refractivity contribution in [3.8, 4) is 11.5 Å². The first-order valence-corrected chi connectivity index (χ1v) is 6.96. The molecule has 1 rings (SSSR count). The van der Waals surface area contributed by atoms with Gasteiger partial charge in [-0.3, -0.25) is 4.79 Å². The highest BCUT2D eigenvalue weighted by Gasteiger charge is 2.19.